The molecule has 2 aromatic heterocycles. The van der Waals surface area contributed by atoms with Crippen LogP contribution in [0.3, 0.4) is 0 Å². The number of hydrogen-bond donors (Lipinski definition) is 1. The first-order chi connectivity index (χ1) is 16.7. The summed E-state index contributed by atoms with van der Waals surface area (Å²) >= 11 is 0. The molecule has 0 unspecified atom stereocenters. The van der Waals surface area contributed by atoms with Crippen molar-refractivity contribution in [2.24, 2.45) is 0 Å². The average molecular weight is 496 g/mol. The van der Waals surface area contributed by atoms with E-state index in [4.69, 9.17) is 0 Å². The van der Waals surface area contributed by atoms with Crippen LogP contribution < -0.4 is 0 Å². The molecule has 1 fully saturated rings. The molecule has 1 aliphatic heterocycles. The minimum atomic E-state index is -1.10. The molecule has 0 atom stereocenters. The summed E-state index contributed by atoms with van der Waals surface area (Å²) in [7, 11) is 0. The Morgan fingerprint density at radius 3 is 2.53 bits per heavy atom. The van der Waals surface area contributed by atoms with Crippen LogP contribution in [0.25, 0.3) is 16.9 Å². The van der Waals surface area contributed by atoms with Crippen molar-refractivity contribution in [1.82, 2.24) is 24.4 Å². The Morgan fingerprint density at radius 2 is 1.92 bits per heavy atom. The van der Waals surface area contributed by atoms with E-state index in [1.807, 2.05) is 19.9 Å². The van der Waals surface area contributed by atoms with E-state index < -0.39 is 11.1 Å². The van der Waals surface area contributed by atoms with Gasteiger partial charge >= 0.3 is 0 Å². The van der Waals surface area contributed by atoms with Crippen LogP contribution in [-0.4, -0.2) is 72.1 Å². The minimum absolute atomic E-state index is 0.101. The van der Waals surface area contributed by atoms with Gasteiger partial charge in [-0.25, -0.2) is 13.9 Å². The number of fused-ring (bicyclic) bond motifs is 1. The monoisotopic (exact) mass is 495 g/mol. The minimum Gasteiger partial charge on any atom is -0.389 e. The number of aliphatic hydroxyl groups is 1. The van der Waals surface area contributed by atoms with Gasteiger partial charge in [-0.2, -0.15) is 5.10 Å². The second kappa shape index (κ2) is 8.96. The molecule has 1 saturated heterocycles. The molecule has 0 spiro atoms. The molecule has 0 aliphatic carbocycles. The first-order valence-electron chi connectivity index (χ1n) is 12.2. The maximum absolute atomic E-state index is 13.8. The van der Waals surface area contributed by atoms with Crippen LogP contribution in [0.15, 0.2) is 30.5 Å². The Hall–Kier alpha value is -3.33. The van der Waals surface area contributed by atoms with Crippen LogP contribution in [0.2, 0.25) is 0 Å². The zero-order valence-electron chi connectivity index (χ0n) is 22.0. The SMILES string of the molecule is Cc1cc(-c2cc(C(C)C)c3nc(C(=O)N4CCN(CC(C)(C)O)C(=O)C4(C)C)cn3n2)ccc1F. The second-order valence-corrected chi connectivity index (χ2v) is 11.1. The molecule has 8 nitrogen and oxygen atoms in total. The molecule has 0 bridgehead atoms. The predicted molar refractivity (Wildman–Crippen MR) is 135 cm³/mol. The van der Waals surface area contributed by atoms with Gasteiger partial charge in [0, 0.05) is 30.8 Å². The number of benzene rings is 1. The molecule has 2 amide bonds. The summed E-state index contributed by atoms with van der Waals surface area (Å²) in [4.78, 5) is 34.6. The van der Waals surface area contributed by atoms with Gasteiger partial charge in [-0.1, -0.05) is 13.8 Å². The maximum atomic E-state index is 13.8. The predicted octanol–water partition coefficient (Wildman–Crippen LogP) is 3.80. The quantitative estimate of drug-likeness (QED) is 0.581. The van der Waals surface area contributed by atoms with Crippen LogP contribution >= 0.6 is 0 Å². The number of imidazole rings is 1. The summed E-state index contributed by atoms with van der Waals surface area (Å²) in [5.41, 5.74) is 1.51. The van der Waals surface area contributed by atoms with Crippen molar-refractivity contribution in [2.45, 2.75) is 65.5 Å². The lowest BCUT2D eigenvalue weighted by atomic mass is 9.95. The summed E-state index contributed by atoms with van der Waals surface area (Å²) in [5.74, 6) is -0.748. The van der Waals surface area contributed by atoms with E-state index in [-0.39, 0.29) is 35.8 Å². The number of carbonyl (C=O) groups is 2. The van der Waals surface area contributed by atoms with E-state index in [2.05, 4.69) is 10.1 Å². The Balaban J connectivity index is 1.71. The van der Waals surface area contributed by atoms with E-state index in [1.165, 1.54) is 11.0 Å². The molecule has 3 heterocycles. The highest BCUT2D eigenvalue weighted by atomic mass is 19.1. The third-order valence-corrected chi connectivity index (χ3v) is 6.65. The molecule has 9 heteroatoms. The highest BCUT2D eigenvalue weighted by Crippen LogP contribution is 2.29. The molecule has 1 N–H and O–H groups in total. The smallest absolute Gasteiger partial charge is 0.275 e. The third kappa shape index (κ3) is 4.72. The molecule has 0 saturated carbocycles. The fraction of sp³-hybridized carbons (Fsp3) is 0.481. The lowest BCUT2D eigenvalue weighted by molar-refractivity contribution is -0.149. The van der Waals surface area contributed by atoms with Gasteiger partial charge < -0.3 is 14.9 Å². The van der Waals surface area contributed by atoms with E-state index >= 15 is 0 Å². The topological polar surface area (TPSA) is 91.0 Å². The Labute approximate surface area is 210 Å². The van der Waals surface area contributed by atoms with Crippen LogP contribution in [0, 0.1) is 12.7 Å². The number of β-amino-alcohol motifs (C(OH)–C–C–N with tert-alkyl or cyclic N) is 1. The van der Waals surface area contributed by atoms with Gasteiger partial charge in [0.2, 0.25) is 5.91 Å². The number of piperazine rings is 1. The number of nitrogens with zero attached hydrogens (tertiary/aromatic N) is 5. The van der Waals surface area contributed by atoms with Crippen LogP contribution in [-0.2, 0) is 4.79 Å². The highest BCUT2D eigenvalue weighted by molar-refractivity contribution is 5.99. The van der Waals surface area contributed by atoms with Crippen molar-refractivity contribution in [2.75, 3.05) is 19.6 Å². The summed E-state index contributed by atoms with van der Waals surface area (Å²) < 4.78 is 15.4. The van der Waals surface area contributed by atoms with Gasteiger partial charge in [-0.05, 0) is 70.4 Å². The van der Waals surface area contributed by atoms with E-state index in [0.29, 0.717) is 30.0 Å². The van der Waals surface area contributed by atoms with Crippen LogP contribution in [0.4, 0.5) is 4.39 Å². The molecular weight excluding hydrogens is 461 g/mol. The number of aryl methyl sites for hydroxylation is 1. The number of amides is 2. The lowest BCUT2D eigenvalue weighted by Crippen LogP contribution is -2.65. The van der Waals surface area contributed by atoms with E-state index in [0.717, 1.165) is 11.1 Å². The molecule has 0 radical (unpaired) electrons. The average Bonchev–Trinajstić information content (AvgIpc) is 3.21. The number of aromatic nitrogens is 3. The molecule has 3 aromatic rings. The first-order valence-corrected chi connectivity index (χ1v) is 12.2. The second-order valence-electron chi connectivity index (χ2n) is 11.1. The number of rotatable bonds is 5. The first kappa shape index (κ1) is 25.8. The molecule has 1 aliphatic rings. The van der Waals surface area contributed by atoms with Crippen molar-refractivity contribution in [3.8, 4) is 11.3 Å². The molecule has 4 rings (SSSR count). The normalized spacial score (nSPS) is 16.3. The van der Waals surface area contributed by atoms with Crippen LogP contribution in [0.1, 0.15) is 69.1 Å². The largest absolute Gasteiger partial charge is 0.389 e. The van der Waals surface area contributed by atoms with Gasteiger partial charge in [0.05, 0.1) is 17.5 Å². The van der Waals surface area contributed by atoms with Crippen molar-refractivity contribution in [1.29, 1.82) is 0 Å². The maximum Gasteiger partial charge on any atom is 0.275 e. The number of hydrogen-bond acceptors (Lipinski definition) is 5. The molecule has 1 aromatic carbocycles. The summed E-state index contributed by atoms with van der Waals surface area (Å²) in [6.07, 6.45) is 1.59. The Bertz CT molecular complexity index is 1340. The lowest BCUT2D eigenvalue weighted by Gasteiger charge is -2.46. The zero-order valence-corrected chi connectivity index (χ0v) is 22.0. The summed E-state index contributed by atoms with van der Waals surface area (Å²) in [6.45, 7) is 13.4. The number of halogens is 1. The molecule has 36 heavy (non-hydrogen) atoms. The Morgan fingerprint density at radius 1 is 1.22 bits per heavy atom. The summed E-state index contributed by atoms with van der Waals surface area (Å²) in [6, 6.07) is 6.78. The van der Waals surface area contributed by atoms with Crippen LogP contribution in [0.5, 0.6) is 0 Å². The zero-order chi connectivity index (χ0) is 26.6. The summed E-state index contributed by atoms with van der Waals surface area (Å²) in [5, 5.41) is 14.9. The van der Waals surface area contributed by atoms with Gasteiger partial charge in [0.1, 0.15) is 17.1 Å². The van der Waals surface area contributed by atoms with Gasteiger partial charge in [0.15, 0.2) is 5.65 Å². The fourth-order valence-electron chi connectivity index (χ4n) is 4.69. The third-order valence-electron chi connectivity index (χ3n) is 6.65. The van der Waals surface area contributed by atoms with E-state index in [1.54, 1.807) is 62.4 Å². The van der Waals surface area contributed by atoms with Gasteiger partial charge in [0.25, 0.3) is 5.91 Å². The molecule has 192 valence electrons. The van der Waals surface area contributed by atoms with Gasteiger partial charge in [-0.3, -0.25) is 9.59 Å². The number of carbonyl (C=O) groups excluding carboxylic acids is 2. The van der Waals surface area contributed by atoms with Crippen molar-refractivity contribution in [3.05, 3.63) is 53.1 Å². The Kier molecular flexibility index (Phi) is 6.41. The fourth-order valence-corrected chi connectivity index (χ4v) is 4.69. The van der Waals surface area contributed by atoms with Gasteiger partial charge in [-0.15, -0.1) is 0 Å². The standard InChI is InChI=1S/C27H34FN5O3/c1-16(2)19-13-21(18-8-9-20(28)17(3)12-18)30-33-14-22(29-23(19)33)24(34)32-11-10-31(15-26(4,5)36)25(35)27(32,6)7/h8-9,12-14,16,36H,10-11,15H2,1-7H3. The van der Waals surface area contributed by atoms with Crippen molar-refractivity contribution >= 4 is 17.5 Å². The van der Waals surface area contributed by atoms with E-state index in [9.17, 15) is 19.1 Å². The van der Waals surface area contributed by atoms with Crippen molar-refractivity contribution < 1.29 is 19.1 Å². The highest BCUT2D eigenvalue weighted by Gasteiger charge is 2.45. The molecular formula is C27H34FN5O3. The van der Waals surface area contributed by atoms with Crippen molar-refractivity contribution in [3.63, 3.8) is 0 Å².